The number of carbonyl (C=O) groups excluding carboxylic acids is 1. The predicted octanol–water partition coefficient (Wildman–Crippen LogP) is 3.83. The van der Waals surface area contributed by atoms with Crippen molar-refractivity contribution in [1.82, 2.24) is 0 Å². The molecular weight excluding hydrogens is 368 g/mol. The van der Waals surface area contributed by atoms with Gasteiger partial charge in [-0.15, -0.1) is 0 Å². The van der Waals surface area contributed by atoms with Gasteiger partial charge in [0.15, 0.2) is 0 Å². The second kappa shape index (κ2) is 8.53. The van der Waals surface area contributed by atoms with Crippen LogP contribution in [0.3, 0.4) is 0 Å². The van der Waals surface area contributed by atoms with E-state index in [0.29, 0.717) is 22.5 Å². The molecule has 0 bridgehead atoms. The lowest BCUT2D eigenvalue weighted by Gasteiger charge is -2.31. The van der Waals surface area contributed by atoms with Crippen molar-refractivity contribution in [3.63, 3.8) is 0 Å². The fraction of sp³-hybridized carbons (Fsp3) is 0.217. The molecule has 2 unspecified atom stereocenters. The fourth-order valence-electron chi connectivity index (χ4n) is 3.63. The Morgan fingerprint density at radius 3 is 2.41 bits per heavy atom. The maximum Gasteiger partial charge on any atom is 0.336 e. The number of aliphatic imine (C=N–C) groups is 1. The van der Waals surface area contributed by atoms with Crippen molar-refractivity contribution in [2.45, 2.75) is 26.4 Å². The molecule has 0 aromatic heterocycles. The fourth-order valence-corrected chi connectivity index (χ4v) is 3.63. The molecule has 0 spiro atoms. The molecule has 0 saturated heterocycles. The van der Waals surface area contributed by atoms with Crippen molar-refractivity contribution in [1.29, 1.82) is 5.26 Å². The van der Waals surface area contributed by atoms with Crippen LogP contribution in [0, 0.1) is 17.2 Å². The van der Waals surface area contributed by atoms with E-state index in [9.17, 15) is 20.0 Å². The first kappa shape index (κ1) is 20.0. The minimum Gasteiger partial charge on any atom is -0.481 e. The van der Waals surface area contributed by atoms with E-state index >= 15 is 0 Å². The smallest absolute Gasteiger partial charge is 0.336 e. The summed E-state index contributed by atoms with van der Waals surface area (Å²) in [5, 5.41) is 19.4. The monoisotopic (exact) mass is 388 g/mol. The summed E-state index contributed by atoms with van der Waals surface area (Å²) in [5.41, 5.74) is 2.56. The maximum absolute atomic E-state index is 13.0. The van der Waals surface area contributed by atoms with Crippen molar-refractivity contribution in [3.05, 3.63) is 82.6 Å². The molecule has 0 aliphatic carbocycles. The molecule has 1 aliphatic rings. The van der Waals surface area contributed by atoms with E-state index in [1.54, 1.807) is 38.1 Å². The lowest BCUT2D eigenvalue weighted by Crippen LogP contribution is -2.35. The summed E-state index contributed by atoms with van der Waals surface area (Å²) in [6.07, 6.45) is 0. The number of aliphatic carboxylic acids is 1. The number of carboxylic acids is 1. The molecule has 2 aromatic carbocycles. The average Bonchev–Trinajstić information content (AvgIpc) is 2.71. The zero-order valence-electron chi connectivity index (χ0n) is 16.1. The van der Waals surface area contributed by atoms with Gasteiger partial charge in [0.05, 0.1) is 17.2 Å². The highest BCUT2D eigenvalue weighted by atomic mass is 16.5. The number of ether oxygens (including phenoxy) is 1. The molecule has 1 heterocycles. The van der Waals surface area contributed by atoms with Gasteiger partial charge in [-0.1, -0.05) is 48.5 Å². The Hall–Kier alpha value is -3.72. The van der Waals surface area contributed by atoms with Gasteiger partial charge < -0.3 is 9.84 Å². The van der Waals surface area contributed by atoms with Crippen molar-refractivity contribution in [2.75, 3.05) is 0 Å². The van der Waals surface area contributed by atoms with E-state index in [2.05, 4.69) is 11.1 Å². The predicted molar refractivity (Wildman–Crippen MR) is 107 cm³/mol. The molecule has 3 rings (SSSR count). The van der Waals surface area contributed by atoms with Crippen LogP contribution in [0.25, 0.3) is 0 Å². The Morgan fingerprint density at radius 2 is 1.76 bits per heavy atom. The first-order valence-electron chi connectivity index (χ1n) is 9.13. The SMILES string of the molecule is CC1=NC(C)=C(C(=O)OCc2ccccc2)C(c2ccccc2C#N)C1C(=O)O. The number of hydrogen-bond acceptors (Lipinski definition) is 5. The van der Waals surface area contributed by atoms with Gasteiger partial charge in [0, 0.05) is 17.3 Å². The average molecular weight is 388 g/mol. The summed E-state index contributed by atoms with van der Waals surface area (Å²) in [6, 6.07) is 18.0. The molecule has 0 fully saturated rings. The third-order valence-electron chi connectivity index (χ3n) is 4.94. The van der Waals surface area contributed by atoms with Crippen LogP contribution in [0.5, 0.6) is 0 Å². The summed E-state index contributed by atoms with van der Waals surface area (Å²) < 4.78 is 5.48. The number of allylic oxidation sites excluding steroid dienone is 1. The number of carboxylic acid groups (broad SMARTS) is 1. The maximum atomic E-state index is 13.0. The Morgan fingerprint density at radius 1 is 1.10 bits per heavy atom. The number of rotatable bonds is 5. The Kier molecular flexibility index (Phi) is 5.89. The molecular formula is C23H20N2O4. The second-order valence-electron chi connectivity index (χ2n) is 6.81. The summed E-state index contributed by atoms with van der Waals surface area (Å²) in [5.74, 6) is -3.66. The van der Waals surface area contributed by atoms with Crippen LogP contribution < -0.4 is 0 Å². The van der Waals surface area contributed by atoms with E-state index in [0.717, 1.165) is 5.56 Å². The van der Waals surface area contributed by atoms with E-state index in [1.165, 1.54) is 0 Å². The highest BCUT2D eigenvalue weighted by Gasteiger charge is 2.42. The lowest BCUT2D eigenvalue weighted by atomic mass is 9.74. The van der Waals surface area contributed by atoms with Gasteiger partial charge in [-0.05, 0) is 31.0 Å². The number of carbonyl (C=O) groups is 2. The van der Waals surface area contributed by atoms with E-state index in [-0.39, 0.29) is 12.2 Å². The largest absolute Gasteiger partial charge is 0.481 e. The number of benzene rings is 2. The lowest BCUT2D eigenvalue weighted by molar-refractivity contribution is -0.142. The zero-order chi connectivity index (χ0) is 21.0. The topological polar surface area (TPSA) is 99.8 Å². The highest BCUT2D eigenvalue weighted by Crippen LogP contribution is 2.40. The minimum absolute atomic E-state index is 0.0590. The molecule has 0 saturated carbocycles. The third-order valence-corrected chi connectivity index (χ3v) is 4.94. The third kappa shape index (κ3) is 4.09. The molecule has 2 atom stereocenters. The summed E-state index contributed by atoms with van der Waals surface area (Å²) in [6.45, 7) is 3.34. The first-order chi connectivity index (χ1) is 13.9. The van der Waals surface area contributed by atoms with E-state index < -0.39 is 23.8 Å². The van der Waals surface area contributed by atoms with Crippen molar-refractivity contribution >= 4 is 17.7 Å². The van der Waals surface area contributed by atoms with Gasteiger partial charge in [0.2, 0.25) is 0 Å². The number of nitriles is 1. The van der Waals surface area contributed by atoms with Crippen LogP contribution >= 0.6 is 0 Å². The number of nitrogens with zero attached hydrogens (tertiary/aromatic N) is 2. The number of esters is 1. The number of hydrogen-bond donors (Lipinski definition) is 1. The Bertz CT molecular complexity index is 1050. The normalized spacial score (nSPS) is 18.6. The second-order valence-corrected chi connectivity index (χ2v) is 6.81. The minimum atomic E-state index is -1.11. The Balaban J connectivity index is 2.05. The van der Waals surface area contributed by atoms with Crippen molar-refractivity contribution in [3.8, 4) is 6.07 Å². The molecule has 146 valence electrons. The molecule has 2 aromatic rings. The van der Waals surface area contributed by atoms with Crippen LogP contribution in [0.15, 0.2) is 70.9 Å². The summed E-state index contributed by atoms with van der Waals surface area (Å²) in [4.78, 5) is 29.4. The van der Waals surface area contributed by atoms with Gasteiger partial charge in [-0.3, -0.25) is 9.79 Å². The van der Waals surface area contributed by atoms with Gasteiger partial charge in [-0.25, -0.2) is 4.79 Å². The molecule has 0 amide bonds. The quantitative estimate of drug-likeness (QED) is 0.785. The molecule has 6 heteroatoms. The first-order valence-corrected chi connectivity index (χ1v) is 9.13. The van der Waals surface area contributed by atoms with Crippen molar-refractivity contribution in [2.24, 2.45) is 10.9 Å². The van der Waals surface area contributed by atoms with Crippen LogP contribution in [-0.2, 0) is 20.9 Å². The van der Waals surface area contributed by atoms with Crippen LogP contribution in [0.4, 0.5) is 0 Å². The van der Waals surface area contributed by atoms with Gasteiger partial charge >= 0.3 is 11.9 Å². The zero-order valence-corrected chi connectivity index (χ0v) is 16.1. The molecule has 1 aliphatic heterocycles. The standard InChI is InChI=1S/C23H20N2O4/c1-14-19(22(26)27)21(18-11-7-6-10-17(18)12-24)20(15(2)25-14)23(28)29-13-16-8-4-3-5-9-16/h3-11,19,21H,13H2,1-2H3,(H,26,27). The van der Waals surface area contributed by atoms with Gasteiger partial charge in [0.1, 0.15) is 12.5 Å². The van der Waals surface area contributed by atoms with Crippen LogP contribution in [0.2, 0.25) is 0 Å². The Labute approximate surface area is 168 Å². The molecule has 0 radical (unpaired) electrons. The van der Waals surface area contributed by atoms with Gasteiger partial charge in [-0.2, -0.15) is 5.26 Å². The van der Waals surface area contributed by atoms with E-state index in [4.69, 9.17) is 4.74 Å². The van der Waals surface area contributed by atoms with E-state index in [1.807, 2.05) is 30.3 Å². The molecule has 6 nitrogen and oxygen atoms in total. The van der Waals surface area contributed by atoms with Crippen LogP contribution in [0.1, 0.15) is 36.5 Å². The van der Waals surface area contributed by atoms with Gasteiger partial charge in [0.25, 0.3) is 0 Å². The van der Waals surface area contributed by atoms with Crippen LogP contribution in [-0.4, -0.2) is 22.8 Å². The highest BCUT2D eigenvalue weighted by molar-refractivity contribution is 6.06. The summed E-state index contributed by atoms with van der Waals surface area (Å²) in [7, 11) is 0. The molecule has 1 N–H and O–H groups in total. The molecule has 29 heavy (non-hydrogen) atoms. The van der Waals surface area contributed by atoms with Crippen molar-refractivity contribution < 1.29 is 19.4 Å². The summed E-state index contributed by atoms with van der Waals surface area (Å²) >= 11 is 0.